The van der Waals surface area contributed by atoms with Crippen molar-refractivity contribution in [3.8, 4) is 5.75 Å². The van der Waals surface area contributed by atoms with Gasteiger partial charge in [-0.3, -0.25) is 0 Å². The van der Waals surface area contributed by atoms with Crippen LogP contribution >= 0.6 is 0 Å². The van der Waals surface area contributed by atoms with Gasteiger partial charge in [0.25, 0.3) is 0 Å². The predicted molar refractivity (Wildman–Crippen MR) is 69.1 cm³/mol. The Balaban J connectivity index is 2.16. The first-order valence-corrected chi connectivity index (χ1v) is 5.90. The molecule has 1 heterocycles. The summed E-state index contributed by atoms with van der Waals surface area (Å²) in [6.07, 6.45) is 0. The molecule has 5 nitrogen and oxygen atoms in total. The monoisotopic (exact) mass is 246 g/mol. The fourth-order valence-electron chi connectivity index (χ4n) is 1.78. The molecule has 5 heteroatoms. The van der Waals surface area contributed by atoms with Gasteiger partial charge < -0.3 is 10.5 Å². The van der Waals surface area contributed by atoms with Crippen LogP contribution in [0, 0.1) is 13.8 Å². The quantitative estimate of drug-likeness (QED) is 0.887. The van der Waals surface area contributed by atoms with Gasteiger partial charge in [-0.25, -0.2) is 4.68 Å². The summed E-state index contributed by atoms with van der Waals surface area (Å²) in [7, 11) is 1.84. The molecule has 0 atom stereocenters. The molecular formula is C13H18N4O. The molecule has 0 aliphatic rings. The number of rotatable bonds is 4. The molecule has 2 N–H and O–H groups in total. The minimum absolute atomic E-state index is 0.374. The van der Waals surface area contributed by atoms with Crippen LogP contribution in [-0.4, -0.2) is 15.0 Å². The van der Waals surface area contributed by atoms with E-state index in [4.69, 9.17) is 10.5 Å². The molecule has 0 spiro atoms. The van der Waals surface area contributed by atoms with Crippen molar-refractivity contribution in [2.24, 2.45) is 12.8 Å². The third-order valence-electron chi connectivity index (χ3n) is 3.14. The number of aryl methyl sites for hydroxylation is 2. The van der Waals surface area contributed by atoms with Gasteiger partial charge in [0.05, 0.1) is 0 Å². The average Bonchev–Trinajstić information content (AvgIpc) is 2.72. The maximum absolute atomic E-state index is 5.83. The molecule has 2 aromatic rings. The van der Waals surface area contributed by atoms with E-state index < -0.39 is 0 Å². The van der Waals surface area contributed by atoms with E-state index in [-0.39, 0.29) is 0 Å². The Labute approximate surface area is 107 Å². The summed E-state index contributed by atoms with van der Waals surface area (Å²) >= 11 is 0. The van der Waals surface area contributed by atoms with Crippen LogP contribution in [0.5, 0.6) is 5.75 Å². The van der Waals surface area contributed by atoms with Gasteiger partial charge in [-0.1, -0.05) is 17.3 Å². The zero-order valence-electron chi connectivity index (χ0n) is 11.0. The average molecular weight is 246 g/mol. The van der Waals surface area contributed by atoms with Crippen LogP contribution in [0.2, 0.25) is 0 Å². The van der Waals surface area contributed by atoms with Crippen LogP contribution in [0.15, 0.2) is 18.2 Å². The summed E-state index contributed by atoms with van der Waals surface area (Å²) in [5, 5.41) is 7.94. The van der Waals surface area contributed by atoms with Crippen molar-refractivity contribution in [1.82, 2.24) is 15.0 Å². The van der Waals surface area contributed by atoms with Gasteiger partial charge in [0.2, 0.25) is 0 Å². The lowest BCUT2D eigenvalue weighted by atomic mass is 10.1. The van der Waals surface area contributed by atoms with E-state index in [1.54, 1.807) is 4.68 Å². The van der Waals surface area contributed by atoms with E-state index in [1.807, 2.05) is 19.2 Å². The molecule has 0 aliphatic heterocycles. The summed E-state index contributed by atoms with van der Waals surface area (Å²) in [5.41, 5.74) is 9.68. The molecule has 0 saturated carbocycles. The highest BCUT2D eigenvalue weighted by Crippen LogP contribution is 2.21. The number of hydrogen-bond acceptors (Lipinski definition) is 4. The lowest BCUT2D eigenvalue weighted by molar-refractivity contribution is 0.291. The van der Waals surface area contributed by atoms with Crippen molar-refractivity contribution in [3.63, 3.8) is 0 Å². The van der Waals surface area contributed by atoms with Crippen LogP contribution in [-0.2, 0) is 20.2 Å². The van der Waals surface area contributed by atoms with Gasteiger partial charge in [0.15, 0.2) is 0 Å². The minimum atomic E-state index is 0.374. The maximum atomic E-state index is 5.83. The van der Waals surface area contributed by atoms with Crippen LogP contribution in [0.4, 0.5) is 0 Å². The van der Waals surface area contributed by atoms with Gasteiger partial charge in [0, 0.05) is 13.6 Å². The minimum Gasteiger partial charge on any atom is -0.487 e. The molecular weight excluding hydrogens is 228 g/mol. The number of aromatic nitrogens is 3. The molecule has 0 amide bonds. The Morgan fingerprint density at radius 1 is 1.33 bits per heavy atom. The van der Waals surface area contributed by atoms with Gasteiger partial charge in [-0.05, 0) is 31.0 Å². The SMILES string of the molecule is Cc1cccc(OCc2c(CN)nnn2C)c1C. The highest BCUT2D eigenvalue weighted by atomic mass is 16.5. The van der Waals surface area contributed by atoms with E-state index >= 15 is 0 Å². The largest absolute Gasteiger partial charge is 0.487 e. The topological polar surface area (TPSA) is 66.0 Å². The van der Waals surface area contributed by atoms with Crippen molar-refractivity contribution in [1.29, 1.82) is 0 Å². The van der Waals surface area contributed by atoms with Crippen molar-refractivity contribution >= 4 is 0 Å². The first-order valence-electron chi connectivity index (χ1n) is 5.90. The molecule has 0 aliphatic carbocycles. The molecule has 0 saturated heterocycles. The molecule has 0 radical (unpaired) electrons. The number of nitrogens with two attached hydrogens (primary N) is 1. The third kappa shape index (κ3) is 2.36. The summed E-state index contributed by atoms with van der Waals surface area (Å²) in [5.74, 6) is 0.888. The highest BCUT2D eigenvalue weighted by molar-refractivity contribution is 5.38. The van der Waals surface area contributed by atoms with E-state index in [1.165, 1.54) is 5.56 Å². The van der Waals surface area contributed by atoms with Crippen LogP contribution < -0.4 is 10.5 Å². The van der Waals surface area contributed by atoms with Gasteiger partial charge in [-0.2, -0.15) is 0 Å². The number of ether oxygens (including phenoxy) is 1. The van der Waals surface area contributed by atoms with Crippen LogP contribution in [0.3, 0.4) is 0 Å². The normalized spacial score (nSPS) is 10.7. The lowest BCUT2D eigenvalue weighted by Gasteiger charge is -2.11. The number of hydrogen-bond donors (Lipinski definition) is 1. The smallest absolute Gasteiger partial charge is 0.132 e. The number of nitrogens with zero attached hydrogens (tertiary/aromatic N) is 3. The molecule has 2 rings (SSSR count). The van der Waals surface area contributed by atoms with Crippen LogP contribution in [0.25, 0.3) is 0 Å². The molecule has 96 valence electrons. The molecule has 18 heavy (non-hydrogen) atoms. The van der Waals surface area contributed by atoms with E-state index in [0.717, 1.165) is 22.7 Å². The fourth-order valence-corrected chi connectivity index (χ4v) is 1.78. The first-order chi connectivity index (χ1) is 8.63. The Kier molecular flexibility index (Phi) is 3.62. The second kappa shape index (κ2) is 5.18. The molecule has 1 aromatic heterocycles. The Morgan fingerprint density at radius 2 is 2.11 bits per heavy atom. The Morgan fingerprint density at radius 3 is 2.83 bits per heavy atom. The van der Waals surface area contributed by atoms with Crippen molar-refractivity contribution in [2.75, 3.05) is 0 Å². The van der Waals surface area contributed by atoms with Crippen molar-refractivity contribution in [3.05, 3.63) is 40.7 Å². The number of benzene rings is 1. The van der Waals surface area contributed by atoms with Gasteiger partial charge in [-0.15, -0.1) is 5.10 Å². The van der Waals surface area contributed by atoms with Gasteiger partial charge >= 0.3 is 0 Å². The molecule has 1 aromatic carbocycles. The van der Waals surface area contributed by atoms with Crippen LogP contribution in [0.1, 0.15) is 22.5 Å². The second-order valence-corrected chi connectivity index (χ2v) is 4.30. The standard InChI is InChI=1S/C13H18N4O/c1-9-5-4-6-13(10(9)2)18-8-12-11(7-14)15-16-17(12)3/h4-6H,7-8,14H2,1-3H3. The second-order valence-electron chi connectivity index (χ2n) is 4.30. The predicted octanol–water partition coefficient (Wildman–Crippen LogP) is 1.47. The summed E-state index contributed by atoms with van der Waals surface area (Å²) < 4.78 is 7.53. The highest BCUT2D eigenvalue weighted by Gasteiger charge is 2.10. The molecule has 0 fully saturated rings. The van der Waals surface area contributed by atoms with E-state index in [9.17, 15) is 0 Å². The Bertz CT molecular complexity index is 548. The van der Waals surface area contributed by atoms with Crippen molar-refractivity contribution in [2.45, 2.75) is 27.0 Å². The molecule has 0 unspecified atom stereocenters. The summed E-state index contributed by atoms with van der Waals surface area (Å²) in [6.45, 7) is 4.93. The van der Waals surface area contributed by atoms with E-state index in [0.29, 0.717) is 13.2 Å². The Hall–Kier alpha value is -1.88. The maximum Gasteiger partial charge on any atom is 0.132 e. The third-order valence-corrected chi connectivity index (χ3v) is 3.14. The lowest BCUT2D eigenvalue weighted by Crippen LogP contribution is -2.08. The molecule has 0 bridgehead atoms. The van der Waals surface area contributed by atoms with Crippen molar-refractivity contribution < 1.29 is 4.74 Å². The fraction of sp³-hybridized carbons (Fsp3) is 0.385. The zero-order chi connectivity index (χ0) is 13.1. The first kappa shape index (κ1) is 12.6. The van der Waals surface area contributed by atoms with E-state index in [2.05, 4.69) is 30.2 Å². The zero-order valence-corrected chi connectivity index (χ0v) is 11.0. The van der Waals surface area contributed by atoms with Gasteiger partial charge in [0.1, 0.15) is 23.7 Å². The summed E-state index contributed by atoms with van der Waals surface area (Å²) in [4.78, 5) is 0. The summed E-state index contributed by atoms with van der Waals surface area (Å²) in [6, 6.07) is 6.02.